The highest BCUT2D eigenvalue weighted by Crippen LogP contribution is 2.48. The van der Waals surface area contributed by atoms with Crippen molar-refractivity contribution in [3.63, 3.8) is 0 Å². The van der Waals surface area contributed by atoms with Crippen LogP contribution in [0.25, 0.3) is 0 Å². The van der Waals surface area contributed by atoms with E-state index in [0.717, 1.165) is 25.4 Å². The maximum atomic E-state index is 6.07. The summed E-state index contributed by atoms with van der Waals surface area (Å²) in [5.41, 5.74) is 0. The maximum Gasteiger partial charge on any atom is 0.159 e. The largest absolute Gasteiger partial charge is 0.490 e. The topological polar surface area (TPSA) is 21.3 Å². The average molecular weight is 378 g/mol. The van der Waals surface area contributed by atoms with Gasteiger partial charge in [0.15, 0.2) is 5.75 Å². The van der Waals surface area contributed by atoms with Crippen LogP contribution in [-0.4, -0.2) is 19.2 Å². The number of benzene rings is 1. The molecule has 0 aromatic heterocycles. The molecule has 1 aromatic rings. The summed E-state index contributed by atoms with van der Waals surface area (Å²) >= 11 is 30.0. The van der Waals surface area contributed by atoms with Crippen LogP contribution in [0, 0.1) is 0 Å². The molecule has 112 valence electrons. The van der Waals surface area contributed by atoms with Crippen molar-refractivity contribution >= 4 is 58.0 Å². The zero-order valence-electron chi connectivity index (χ0n) is 10.6. The molecule has 1 aliphatic carbocycles. The van der Waals surface area contributed by atoms with Gasteiger partial charge in [0, 0.05) is 6.04 Å². The molecule has 0 bridgehead atoms. The Morgan fingerprint density at radius 1 is 0.850 bits per heavy atom. The maximum absolute atomic E-state index is 6.07. The summed E-state index contributed by atoms with van der Waals surface area (Å²) in [6.07, 6.45) is 4.51. The summed E-state index contributed by atoms with van der Waals surface area (Å²) in [5.74, 6) is 0.294. The van der Waals surface area contributed by atoms with Gasteiger partial charge in [0.05, 0.1) is 21.7 Å². The van der Waals surface area contributed by atoms with Crippen molar-refractivity contribution in [1.82, 2.24) is 5.32 Å². The Morgan fingerprint density at radius 2 is 1.40 bits per heavy atom. The Hall–Kier alpha value is 0.430. The molecule has 0 spiro atoms. The SMILES string of the molecule is Clc1c(Cl)c(Cl)c(OCCCCNC2CC2)c(Cl)c1Cl. The summed E-state index contributed by atoms with van der Waals surface area (Å²) in [6.45, 7) is 1.50. The molecule has 1 fully saturated rings. The van der Waals surface area contributed by atoms with E-state index in [1.165, 1.54) is 12.8 Å². The van der Waals surface area contributed by atoms with Crippen LogP contribution < -0.4 is 10.1 Å². The lowest BCUT2D eigenvalue weighted by Crippen LogP contribution is -2.17. The van der Waals surface area contributed by atoms with E-state index in [2.05, 4.69) is 5.32 Å². The van der Waals surface area contributed by atoms with Crippen LogP contribution in [0.3, 0.4) is 0 Å². The Bertz CT molecular complexity index is 461. The third-order valence-corrected chi connectivity index (χ3v) is 5.24. The van der Waals surface area contributed by atoms with E-state index in [0.29, 0.717) is 12.4 Å². The fourth-order valence-corrected chi connectivity index (χ4v) is 2.94. The van der Waals surface area contributed by atoms with Crippen molar-refractivity contribution in [2.45, 2.75) is 31.7 Å². The average Bonchev–Trinajstić information content (AvgIpc) is 3.25. The molecule has 2 rings (SSSR count). The van der Waals surface area contributed by atoms with Gasteiger partial charge in [-0.3, -0.25) is 0 Å². The normalized spacial score (nSPS) is 14.7. The zero-order valence-corrected chi connectivity index (χ0v) is 14.4. The quantitative estimate of drug-likeness (QED) is 0.365. The summed E-state index contributed by atoms with van der Waals surface area (Å²) in [6, 6.07) is 0.730. The Morgan fingerprint density at radius 3 is 1.95 bits per heavy atom. The van der Waals surface area contributed by atoms with Crippen LogP contribution in [0.5, 0.6) is 5.75 Å². The van der Waals surface area contributed by atoms with E-state index in [4.69, 9.17) is 62.7 Å². The third kappa shape index (κ3) is 4.22. The second-order valence-electron chi connectivity index (χ2n) is 4.68. The summed E-state index contributed by atoms with van der Waals surface area (Å²) in [7, 11) is 0. The first-order valence-corrected chi connectivity index (χ1v) is 8.29. The fraction of sp³-hybridized carbons (Fsp3) is 0.538. The smallest absolute Gasteiger partial charge is 0.159 e. The van der Waals surface area contributed by atoms with Crippen molar-refractivity contribution in [3.8, 4) is 5.75 Å². The molecular weight excluding hydrogens is 363 g/mol. The van der Waals surface area contributed by atoms with Crippen LogP contribution in [0.1, 0.15) is 25.7 Å². The summed E-state index contributed by atoms with van der Waals surface area (Å²) in [4.78, 5) is 0. The fourth-order valence-electron chi connectivity index (χ4n) is 1.71. The van der Waals surface area contributed by atoms with Crippen LogP contribution >= 0.6 is 58.0 Å². The second-order valence-corrected chi connectivity index (χ2v) is 6.57. The van der Waals surface area contributed by atoms with Crippen LogP contribution in [-0.2, 0) is 0 Å². The summed E-state index contributed by atoms with van der Waals surface area (Å²) in [5, 5.41) is 4.29. The first-order chi connectivity index (χ1) is 9.52. The third-order valence-electron chi connectivity index (χ3n) is 3.00. The molecule has 2 nitrogen and oxygen atoms in total. The van der Waals surface area contributed by atoms with E-state index in [1.807, 2.05) is 0 Å². The molecule has 0 atom stereocenters. The number of nitrogens with one attached hydrogen (secondary N) is 1. The molecule has 0 saturated heterocycles. The molecule has 7 heteroatoms. The van der Waals surface area contributed by atoms with Gasteiger partial charge < -0.3 is 10.1 Å². The first-order valence-electron chi connectivity index (χ1n) is 6.40. The molecule has 1 saturated carbocycles. The monoisotopic (exact) mass is 375 g/mol. The molecule has 0 radical (unpaired) electrons. The lowest BCUT2D eigenvalue weighted by molar-refractivity contribution is 0.306. The number of halogens is 5. The number of rotatable bonds is 7. The molecular formula is C13H14Cl5NO. The van der Waals surface area contributed by atoms with Gasteiger partial charge in [-0.15, -0.1) is 0 Å². The van der Waals surface area contributed by atoms with Gasteiger partial charge in [-0.1, -0.05) is 58.0 Å². The predicted molar refractivity (Wildman–Crippen MR) is 87.2 cm³/mol. The van der Waals surface area contributed by atoms with Gasteiger partial charge in [-0.05, 0) is 32.2 Å². The van der Waals surface area contributed by atoms with Gasteiger partial charge in [0.2, 0.25) is 0 Å². The van der Waals surface area contributed by atoms with Crippen LogP contribution in [0.4, 0.5) is 0 Å². The predicted octanol–water partition coefficient (Wildman–Crippen LogP) is 5.86. The summed E-state index contributed by atoms with van der Waals surface area (Å²) < 4.78 is 5.59. The molecule has 0 amide bonds. The highest BCUT2D eigenvalue weighted by atomic mass is 35.5. The van der Waals surface area contributed by atoms with E-state index in [-0.39, 0.29) is 25.1 Å². The van der Waals surface area contributed by atoms with E-state index in [9.17, 15) is 0 Å². The molecule has 0 aliphatic heterocycles. The number of hydrogen-bond acceptors (Lipinski definition) is 2. The first kappa shape index (κ1) is 16.8. The van der Waals surface area contributed by atoms with Crippen molar-refractivity contribution in [2.24, 2.45) is 0 Å². The minimum Gasteiger partial charge on any atom is -0.490 e. The Balaban J connectivity index is 1.85. The minimum atomic E-state index is 0.143. The van der Waals surface area contributed by atoms with Crippen LogP contribution in [0.15, 0.2) is 0 Å². The molecule has 1 aliphatic rings. The number of ether oxygens (including phenoxy) is 1. The molecule has 20 heavy (non-hydrogen) atoms. The molecule has 1 aromatic carbocycles. The highest BCUT2D eigenvalue weighted by molar-refractivity contribution is 6.55. The standard InChI is InChI=1S/C13H14Cl5NO/c14-8-9(15)11(17)13(12(18)10(8)16)20-6-2-1-5-19-7-3-4-7/h7,19H,1-6H2. The minimum absolute atomic E-state index is 0.143. The molecule has 0 heterocycles. The van der Waals surface area contributed by atoms with E-state index in [1.54, 1.807) is 0 Å². The zero-order chi connectivity index (χ0) is 14.7. The van der Waals surface area contributed by atoms with Crippen molar-refractivity contribution in [2.75, 3.05) is 13.2 Å². The Labute approximate surface area is 143 Å². The van der Waals surface area contributed by atoms with Gasteiger partial charge in [0.1, 0.15) is 10.0 Å². The highest BCUT2D eigenvalue weighted by Gasteiger charge is 2.21. The molecule has 0 unspecified atom stereocenters. The van der Waals surface area contributed by atoms with Crippen LogP contribution in [0.2, 0.25) is 25.1 Å². The second kappa shape index (κ2) is 7.62. The van der Waals surface area contributed by atoms with Gasteiger partial charge in [0.25, 0.3) is 0 Å². The van der Waals surface area contributed by atoms with Crippen molar-refractivity contribution < 1.29 is 4.74 Å². The number of unbranched alkanes of at least 4 members (excludes halogenated alkanes) is 1. The van der Waals surface area contributed by atoms with E-state index < -0.39 is 0 Å². The van der Waals surface area contributed by atoms with Gasteiger partial charge in [-0.25, -0.2) is 0 Å². The van der Waals surface area contributed by atoms with Gasteiger partial charge >= 0.3 is 0 Å². The lowest BCUT2D eigenvalue weighted by atomic mass is 10.3. The number of hydrogen-bond donors (Lipinski definition) is 1. The van der Waals surface area contributed by atoms with Crippen molar-refractivity contribution in [1.29, 1.82) is 0 Å². The Kier molecular flexibility index (Phi) is 6.40. The lowest BCUT2D eigenvalue weighted by Gasteiger charge is -2.13. The van der Waals surface area contributed by atoms with Crippen molar-refractivity contribution in [3.05, 3.63) is 25.1 Å². The molecule has 1 N–H and O–H groups in total. The van der Waals surface area contributed by atoms with Gasteiger partial charge in [-0.2, -0.15) is 0 Å². The van der Waals surface area contributed by atoms with E-state index >= 15 is 0 Å².